The predicted octanol–water partition coefficient (Wildman–Crippen LogP) is 2.54. The average Bonchev–Trinajstić information content (AvgIpc) is 2.94. The van der Waals surface area contributed by atoms with Crippen molar-refractivity contribution >= 4 is 0 Å². The van der Waals surface area contributed by atoms with E-state index in [1.165, 1.54) is 12.8 Å². The Morgan fingerprint density at radius 1 is 1.50 bits per heavy atom. The van der Waals surface area contributed by atoms with Gasteiger partial charge in [0.15, 0.2) is 0 Å². The maximum atomic E-state index is 6.25. The smallest absolute Gasteiger partial charge is 0.128 e. The first-order valence-electron chi connectivity index (χ1n) is 7.48. The van der Waals surface area contributed by atoms with Gasteiger partial charge in [0.05, 0.1) is 13.2 Å². The summed E-state index contributed by atoms with van der Waals surface area (Å²) in [6, 6.07) is 0.137. The zero-order valence-corrected chi connectivity index (χ0v) is 12.8. The Kier molecular flexibility index (Phi) is 5.38. The van der Waals surface area contributed by atoms with Crippen molar-refractivity contribution in [2.75, 3.05) is 13.7 Å². The third kappa shape index (κ3) is 3.70. The maximum absolute atomic E-state index is 6.25. The van der Waals surface area contributed by atoms with Crippen LogP contribution in [-0.2, 0) is 11.2 Å². The first-order valence-corrected chi connectivity index (χ1v) is 7.48. The van der Waals surface area contributed by atoms with Crippen LogP contribution in [0.3, 0.4) is 0 Å². The average molecular weight is 278 g/mol. The Balaban J connectivity index is 1.91. The van der Waals surface area contributed by atoms with Crippen LogP contribution < -0.4 is 10.5 Å². The minimum Gasteiger partial charge on any atom is -0.496 e. The number of pyridine rings is 1. The summed E-state index contributed by atoms with van der Waals surface area (Å²) in [6.07, 6.45) is 7.51. The molecule has 0 radical (unpaired) electrons. The lowest BCUT2D eigenvalue weighted by molar-refractivity contribution is 0.101. The van der Waals surface area contributed by atoms with E-state index in [1.54, 1.807) is 7.11 Å². The molecule has 1 saturated heterocycles. The van der Waals surface area contributed by atoms with Crippen LogP contribution in [0.2, 0.25) is 0 Å². The molecule has 2 heterocycles. The number of methoxy groups -OCH3 is 1. The lowest BCUT2D eigenvalue weighted by Gasteiger charge is -2.17. The van der Waals surface area contributed by atoms with Crippen molar-refractivity contribution in [3.8, 4) is 5.75 Å². The highest BCUT2D eigenvalue weighted by Crippen LogP contribution is 2.25. The summed E-state index contributed by atoms with van der Waals surface area (Å²) in [5.41, 5.74) is 9.48. The van der Waals surface area contributed by atoms with Crippen molar-refractivity contribution in [3.05, 3.63) is 23.0 Å². The fourth-order valence-electron chi connectivity index (χ4n) is 2.90. The number of ether oxygens (including phenoxy) is 2. The molecule has 2 unspecified atom stereocenters. The summed E-state index contributed by atoms with van der Waals surface area (Å²) < 4.78 is 11.1. The molecule has 0 aromatic carbocycles. The quantitative estimate of drug-likeness (QED) is 0.868. The van der Waals surface area contributed by atoms with E-state index >= 15 is 0 Å². The van der Waals surface area contributed by atoms with Gasteiger partial charge in [0.2, 0.25) is 0 Å². The lowest BCUT2D eigenvalue weighted by atomic mass is 10.00. The molecule has 1 fully saturated rings. The third-order valence-electron chi connectivity index (χ3n) is 4.09. The van der Waals surface area contributed by atoms with E-state index in [0.717, 1.165) is 48.4 Å². The molecule has 0 saturated carbocycles. The normalized spacial score (nSPS) is 20.1. The molecule has 112 valence electrons. The Morgan fingerprint density at radius 3 is 2.95 bits per heavy atom. The van der Waals surface area contributed by atoms with Gasteiger partial charge < -0.3 is 15.2 Å². The van der Waals surface area contributed by atoms with Gasteiger partial charge in [0.25, 0.3) is 0 Å². The highest BCUT2D eigenvalue weighted by molar-refractivity contribution is 5.41. The second kappa shape index (κ2) is 7.04. The van der Waals surface area contributed by atoms with Crippen molar-refractivity contribution in [2.45, 2.75) is 58.1 Å². The molecule has 0 amide bonds. The number of nitrogens with two attached hydrogens (primary N) is 1. The molecule has 2 rings (SSSR count). The Labute approximate surface area is 121 Å². The topological polar surface area (TPSA) is 57.4 Å². The van der Waals surface area contributed by atoms with Crippen LogP contribution in [0.4, 0.5) is 0 Å². The standard InChI is InChI=1S/C16H26N2O2/c1-11-10-18-15(12(2)16(11)19-3)9-13(17)6-7-14-5-4-8-20-14/h10,13-14H,4-9,17H2,1-3H3. The summed E-state index contributed by atoms with van der Waals surface area (Å²) in [4.78, 5) is 4.51. The summed E-state index contributed by atoms with van der Waals surface area (Å²) >= 11 is 0. The van der Waals surface area contributed by atoms with E-state index in [-0.39, 0.29) is 6.04 Å². The third-order valence-corrected chi connectivity index (χ3v) is 4.09. The molecule has 0 spiro atoms. The molecule has 20 heavy (non-hydrogen) atoms. The molecule has 1 aliphatic heterocycles. The van der Waals surface area contributed by atoms with Crippen LogP contribution in [0.25, 0.3) is 0 Å². The minimum absolute atomic E-state index is 0.137. The summed E-state index contributed by atoms with van der Waals surface area (Å²) in [6.45, 7) is 4.98. The van der Waals surface area contributed by atoms with E-state index in [0.29, 0.717) is 6.10 Å². The number of hydrogen-bond donors (Lipinski definition) is 1. The van der Waals surface area contributed by atoms with E-state index in [9.17, 15) is 0 Å². The van der Waals surface area contributed by atoms with Crippen LogP contribution in [0, 0.1) is 13.8 Å². The Morgan fingerprint density at radius 2 is 2.30 bits per heavy atom. The maximum Gasteiger partial charge on any atom is 0.128 e. The Hall–Kier alpha value is -1.13. The molecule has 0 bridgehead atoms. The van der Waals surface area contributed by atoms with Crippen LogP contribution in [-0.4, -0.2) is 30.8 Å². The number of aryl methyl sites for hydroxylation is 1. The molecule has 0 aliphatic carbocycles. The lowest BCUT2D eigenvalue weighted by Crippen LogP contribution is -2.25. The number of rotatable bonds is 6. The van der Waals surface area contributed by atoms with Gasteiger partial charge in [-0.2, -0.15) is 0 Å². The van der Waals surface area contributed by atoms with Gasteiger partial charge in [-0.1, -0.05) is 0 Å². The fraction of sp³-hybridized carbons (Fsp3) is 0.688. The molecule has 1 aromatic rings. The minimum atomic E-state index is 0.137. The van der Waals surface area contributed by atoms with Crippen molar-refractivity contribution in [1.82, 2.24) is 4.98 Å². The molecular formula is C16H26N2O2. The molecule has 1 aromatic heterocycles. The molecule has 2 N–H and O–H groups in total. The highest BCUT2D eigenvalue weighted by atomic mass is 16.5. The van der Waals surface area contributed by atoms with Gasteiger partial charge in [-0.15, -0.1) is 0 Å². The van der Waals surface area contributed by atoms with Crippen LogP contribution in [0.15, 0.2) is 6.20 Å². The molecule has 1 aliphatic rings. The van der Waals surface area contributed by atoms with Crippen molar-refractivity contribution < 1.29 is 9.47 Å². The van der Waals surface area contributed by atoms with Crippen molar-refractivity contribution in [2.24, 2.45) is 5.73 Å². The predicted molar refractivity (Wildman–Crippen MR) is 80.2 cm³/mol. The van der Waals surface area contributed by atoms with Gasteiger partial charge in [-0.3, -0.25) is 4.98 Å². The van der Waals surface area contributed by atoms with Crippen LogP contribution in [0.5, 0.6) is 5.75 Å². The van der Waals surface area contributed by atoms with Crippen molar-refractivity contribution in [3.63, 3.8) is 0 Å². The molecule has 4 nitrogen and oxygen atoms in total. The monoisotopic (exact) mass is 278 g/mol. The molecule has 4 heteroatoms. The fourth-order valence-corrected chi connectivity index (χ4v) is 2.90. The second-order valence-corrected chi connectivity index (χ2v) is 5.72. The first-order chi connectivity index (χ1) is 9.61. The van der Waals surface area contributed by atoms with E-state index < -0.39 is 0 Å². The first kappa shape index (κ1) is 15.3. The SMILES string of the molecule is COc1c(C)cnc(CC(N)CCC2CCCO2)c1C. The van der Waals surface area contributed by atoms with Gasteiger partial charge in [-0.05, 0) is 39.5 Å². The number of hydrogen-bond acceptors (Lipinski definition) is 4. The zero-order chi connectivity index (χ0) is 14.5. The zero-order valence-electron chi connectivity index (χ0n) is 12.8. The van der Waals surface area contributed by atoms with Gasteiger partial charge in [-0.25, -0.2) is 0 Å². The number of nitrogens with zero attached hydrogens (tertiary/aromatic N) is 1. The second-order valence-electron chi connectivity index (χ2n) is 5.72. The molecular weight excluding hydrogens is 252 g/mol. The number of aromatic nitrogens is 1. The Bertz CT molecular complexity index is 442. The highest BCUT2D eigenvalue weighted by Gasteiger charge is 2.18. The van der Waals surface area contributed by atoms with E-state index in [4.69, 9.17) is 15.2 Å². The van der Waals surface area contributed by atoms with Gasteiger partial charge >= 0.3 is 0 Å². The van der Waals surface area contributed by atoms with Gasteiger partial charge in [0.1, 0.15) is 5.75 Å². The summed E-state index contributed by atoms with van der Waals surface area (Å²) in [5, 5.41) is 0. The van der Waals surface area contributed by atoms with E-state index in [2.05, 4.69) is 11.9 Å². The van der Waals surface area contributed by atoms with E-state index in [1.807, 2.05) is 13.1 Å². The summed E-state index contributed by atoms with van der Waals surface area (Å²) in [5.74, 6) is 0.932. The largest absolute Gasteiger partial charge is 0.496 e. The summed E-state index contributed by atoms with van der Waals surface area (Å²) in [7, 11) is 1.70. The van der Waals surface area contributed by atoms with Crippen LogP contribution in [0.1, 0.15) is 42.5 Å². The molecule has 2 atom stereocenters. The van der Waals surface area contributed by atoms with Crippen molar-refractivity contribution in [1.29, 1.82) is 0 Å². The van der Waals surface area contributed by atoms with Gasteiger partial charge in [0, 0.05) is 42.1 Å². The van der Waals surface area contributed by atoms with Crippen LogP contribution >= 0.6 is 0 Å².